The van der Waals surface area contributed by atoms with Gasteiger partial charge in [0.25, 0.3) is 0 Å². The van der Waals surface area contributed by atoms with E-state index >= 15 is 0 Å². The Hall–Kier alpha value is -2.16. The number of nitrogens with zero attached hydrogens (tertiary/aromatic N) is 1. The molecule has 0 saturated heterocycles. The molecule has 0 fully saturated rings. The molecule has 0 radical (unpaired) electrons. The molecule has 0 unspecified atom stereocenters. The van der Waals surface area contributed by atoms with Gasteiger partial charge >= 0.3 is 5.97 Å². The molecule has 92 valence electrons. The van der Waals surface area contributed by atoms with Gasteiger partial charge < -0.3 is 4.74 Å². The number of ether oxygens (including phenoxy) is 1. The molecule has 0 spiro atoms. The summed E-state index contributed by atoms with van der Waals surface area (Å²) in [6.07, 6.45) is 3.89. The number of pyridine rings is 1. The molecule has 0 amide bonds. The van der Waals surface area contributed by atoms with E-state index in [0.29, 0.717) is 6.61 Å². The van der Waals surface area contributed by atoms with Gasteiger partial charge in [-0.15, -0.1) is 0 Å². The van der Waals surface area contributed by atoms with Crippen LogP contribution in [0.3, 0.4) is 0 Å². The highest BCUT2D eigenvalue weighted by molar-refractivity contribution is 5.79. The Balaban J connectivity index is 2.07. The molecule has 1 aromatic carbocycles. The number of para-hydroxylation sites is 1. The summed E-state index contributed by atoms with van der Waals surface area (Å²) in [5, 5.41) is 1.11. The normalized spacial score (nSPS) is 10.9. The first-order chi connectivity index (χ1) is 8.79. The van der Waals surface area contributed by atoms with Crippen LogP contribution >= 0.6 is 0 Å². The van der Waals surface area contributed by atoms with Crippen molar-refractivity contribution < 1.29 is 9.53 Å². The lowest BCUT2D eigenvalue weighted by Gasteiger charge is -1.99. The zero-order valence-corrected chi connectivity index (χ0v) is 10.3. The van der Waals surface area contributed by atoms with Gasteiger partial charge in [-0.05, 0) is 25.1 Å². The largest absolute Gasteiger partial charge is 0.466 e. The minimum atomic E-state index is -0.213. The maximum atomic E-state index is 11.2. The van der Waals surface area contributed by atoms with Crippen molar-refractivity contribution in [2.24, 2.45) is 0 Å². The van der Waals surface area contributed by atoms with Crippen LogP contribution in [0.25, 0.3) is 17.0 Å². The van der Waals surface area contributed by atoms with Crippen LogP contribution < -0.4 is 0 Å². The third-order valence-electron chi connectivity index (χ3n) is 2.50. The molecule has 0 aliphatic carbocycles. The van der Waals surface area contributed by atoms with E-state index in [-0.39, 0.29) is 12.4 Å². The lowest BCUT2D eigenvalue weighted by Crippen LogP contribution is -2.01. The molecule has 0 bridgehead atoms. The van der Waals surface area contributed by atoms with Gasteiger partial charge in [-0.25, -0.2) is 4.98 Å². The second-order valence-corrected chi connectivity index (χ2v) is 3.84. The highest BCUT2D eigenvalue weighted by atomic mass is 16.5. The predicted molar refractivity (Wildman–Crippen MR) is 72.0 cm³/mol. The third-order valence-corrected chi connectivity index (χ3v) is 2.50. The quantitative estimate of drug-likeness (QED) is 0.771. The van der Waals surface area contributed by atoms with Gasteiger partial charge in [0.05, 0.1) is 24.2 Å². The number of rotatable bonds is 4. The van der Waals surface area contributed by atoms with Crippen LogP contribution in [-0.2, 0) is 9.53 Å². The summed E-state index contributed by atoms with van der Waals surface area (Å²) in [4.78, 5) is 15.6. The van der Waals surface area contributed by atoms with Gasteiger partial charge in [0.15, 0.2) is 0 Å². The average Bonchev–Trinajstić information content (AvgIpc) is 2.39. The summed E-state index contributed by atoms with van der Waals surface area (Å²) in [5.74, 6) is -0.213. The van der Waals surface area contributed by atoms with Crippen LogP contribution in [0.4, 0.5) is 0 Å². The highest BCUT2D eigenvalue weighted by Crippen LogP contribution is 2.12. The first-order valence-corrected chi connectivity index (χ1v) is 5.97. The topological polar surface area (TPSA) is 39.2 Å². The van der Waals surface area contributed by atoms with Gasteiger partial charge in [-0.3, -0.25) is 4.79 Å². The van der Waals surface area contributed by atoms with Crippen LogP contribution in [0.15, 0.2) is 42.5 Å². The Bertz CT molecular complexity index is 575. The first-order valence-electron chi connectivity index (χ1n) is 5.97. The number of benzene rings is 1. The van der Waals surface area contributed by atoms with Crippen molar-refractivity contribution in [3.05, 3.63) is 48.2 Å². The Labute approximate surface area is 106 Å². The maximum absolute atomic E-state index is 11.2. The van der Waals surface area contributed by atoms with E-state index in [2.05, 4.69) is 4.98 Å². The average molecular weight is 241 g/mol. The molecule has 1 aromatic heterocycles. The third kappa shape index (κ3) is 3.17. The fourth-order valence-electron chi connectivity index (χ4n) is 1.67. The summed E-state index contributed by atoms with van der Waals surface area (Å²) in [6.45, 7) is 2.22. The highest BCUT2D eigenvalue weighted by Gasteiger charge is 1.97. The summed E-state index contributed by atoms with van der Waals surface area (Å²) >= 11 is 0. The fourth-order valence-corrected chi connectivity index (χ4v) is 1.67. The van der Waals surface area contributed by atoms with E-state index in [1.807, 2.05) is 42.5 Å². The second-order valence-electron chi connectivity index (χ2n) is 3.84. The van der Waals surface area contributed by atoms with Gasteiger partial charge in [0.2, 0.25) is 0 Å². The second kappa shape index (κ2) is 5.96. The lowest BCUT2D eigenvalue weighted by molar-refractivity contribution is -0.142. The van der Waals surface area contributed by atoms with Gasteiger partial charge in [0, 0.05) is 5.39 Å². The van der Waals surface area contributed by atoms with Crippen molar-refractivity contribution in [2.45, 2.75) is 13.3 Å². The van der Waals surface area contributed by atoms with Crippen molar-refractivity contribution in [1.29, 1.82) is 0 Å². The zero-order valence-electron chi connectivity index (χ0n) is 10.3. The minimum Gasteiger partial charge on any atom is -0.466 e. The van der Waals surface area contributed by atoms with E-state index in [1.54, 1.807) is 13.0 Å². The number of hydrogen-bond acceptors (Lipinski definition) is 3. The summed E-state index contributed by atoms with van der Waals surface area (Å²) < 4.78 is 4.84. The van der Waals surface area contributed by atoms with Crippen LogP contribution in [-0.4, -0.2) is 17.6 Å². The predicted octanol–water partition coefficient (Wildman–Crippen LogP) is 3.20. The monoisotopic (exact) mass is 241 g/mol. The molecule has 1 heterocycles. The van der Waals surface area contributed by atoms with E-state index in [1.165, 1.54) is 0 Å². The van der Waals surface area contributed by atoms with E-state index < -0.39 is 0 Å². The number of hydrogen-bond donors (Lipinski definition) is 0. The Morgan fingerprint density at radius 1 is 1.28 bits per heavy atom. The van der Waals surface area contributed by atoms with Crippen molar-refractivity contribution in [2.75, 3.05) is 6.61 Å². The maximum Gasteiger partial charge on any atom is 0.309 e. The molecule has 3 heteroatoms. The Kier molecular flexibility index (Phi) is 4.07. The van der Waals surface area contributed by atoms with Crippen LogP contribution in [0, 0.1) is 0 Å². The van der Waals surface area contributed by atoms with E-state index in [9.17, 15) is 4.79 Å². The molecule has 2 aromatic rings. The summed E-state index contributed by atoms with van der Waals surface area (Å²) in [5.41, 5.74) is 1.80. The van der Waals surface area contributed by atoms with E-state index in [0.717, 1.165) is 16.6 Å². The Morgan fingerprint density at radius 2 is 2.11 bits per heavy atom. The van der Waals surface area contributed by atoms with Gasteiger partial charge in [-0.2, -0.15) is 0 Å². The number of fused-ring (bicyclic) bond motifs is 1. The number of carbonyl (C=O) groups is 1. The molecular weight excluding hydrogens is 226 g/mol. The molecular formula is C15H15NO2. The first kappa shape index (κ1) is 12.3. The van der Waals surface area contributed by atoms with E-state index in [4.69, 9.17) is 4.74 Å². The Morgan fingerprint density at radius 3 is 2.94 bits per heavy atom. The smallest absolute Gasteiger partial charge is 0.309 e. The lowest BCUT2D eigenvalue weighted by atomic mass is 10.2. The van der Waals surface area contributed by atoms with Crippen LogP contribution in [0.5, 0.6) is 0 Å². The summed E-state index contributed by atoms with van der Waals surface area (Å²) in [7, 11) is 0. The standard InChI is InChI=1S/C15H15NO2/c1-2-18-15(17)9-5-7-13-11-10-12-6-3-4-8-14(12)16-13/h3-8,10-11H,2,9H2,1H3. The zero-order chi connectivity index (χ0) is 12.8. The van der Waals surface area contributed by atoms with Crippen molar-refractivity contribution >= 4 is 22.9 Å². The summed E-state index contributed by atoms with van der Waals surface area (Å²) in [6, 6.07) is 11.9. The van der Waals surface area contributed by atoms with Crippen molar-refractivity contribution in [3.8, 4) is 0 Å². The van der Waals surface area contributed by atoms with Gasteiger partial charge in [-0.1, -0.05) is 30.3 Å². The molecule has 0 aliphatic heterocycles. The fraction of sp³-hybridized carbons (Fsp3) is 0.200. The minimum absolute atomic E-state index is 0.213. The molecule has 18 heavy (non-hydrogen) atoms. The van der Waals surface area contributed by atoms with Crippen molar-refractivity contribution in [1.82, 2.24) is 4.98 Å². The SMILES string of the molecule is CCOC(=O)CC=Cc1ccc2ccccc2n1. The molecule has 0 N–H and O–H groups in total. The number of aromatic nitrogens is 1. The molecule has 3 nitrogen and oxygen atoms in total. The number of esters is 1. The van der Waals surface area contributed by atoms with Crippen molar-refractivity contribution in [3.63, 3.8) is 0 Å². The molecule has 0 aliphatic rings. The van der Waals surface area contributed by atoms with Gasteiger partial charge in [0.1, 0.15) is 0 Å². The van der Waals surface area contributed by atoms with Crippen LogP contribution in [0.1, 0.15) is 19.0 Å². The molecule has 2 rings (SSSR count). The molecule has 0 atom stereocenters. The number of carbonyl (C=O) groups excluding carboxylic acids is 1. The molecule has 0 saturated carbocycles. The van der Waals surface area contributed by atoms with Crippen LogP contribution in [0.2, 0.25) is 0 Å².